The van der Waals surface area contributed by atoms with E-state index in [-0.39, 0.29) is 17.3 Å². The summed E-state index contributed by atoms with van der Waals surface area (Å²) in [6.45, 7) is 3.60. The molecule has 9 nitrogen and oxygen atoms in total. The molecule has 3 rings (SSSR count). The van der Waals surface area contributed by atoms with E-state index in [1.807, 2.05) is 6.07 Å². The number of hydrogen-bond donors (Lipinski definition) is 4. The lowest BCUT2D eigenvalue weighted by Crippen LogP contribution is -2.38. The molecule has 0 atom stereocenters. The zero-order valence-corrected chi connectivity index (χ0v) is 18.7. The van der Waals surface area contributed by atoms with Gasteiger partial charge in [-0.3, -0.25) is 14.4 Å². The van der Waals surface area contributed by atoms with Gasteiger partial charge >= 0.3 is 0 Å². The van der Waals surface area contributed by atoms with E-state index in [1.54, 1.807) is 74.5 Å². The van der Waals surface area contributed by atoms with Gasteiger partial charge in [-0.05, 0) is 43.7 Å². The SMILES string of the molecule is Cc1cc(C)nc(N/C=C(\NC(=O)/C(=C/c2ccccc2)NC(=O)c2ccccc2)C(N)=O)n1. The van der Waals surface area contributed by atoms with E-state index >= 15 is 0 Å². The number of aromatic nitrogens is 2. The average molecular weight is 457 g/mol. The minimum atomic E-state index is -0.890. The molecular weight excluding hydrogens is 432 g/mol. The number of hydrogen-bond acceptors (Lipinski definition) is 6. The van der Waals surface area contributed by atoms with Crippen LogP contribution in [0.2, 0.25) is 0 Å². The number of anilines is 1. The number of aryl methyl sites for hydroxylation is 2. The quantitative estimate of drug-likeness (QED) is 0.384. The van der Waals surface area contributed by atoms with Crippen molar-refractivity contribution in [3.05, 3.63) is 107 Å². The van der Waals surface area contributed by atoms with Gasteiger partial charge in [-0.15, -0.1) is 0 Å². The van der Waals surface area contributed by atoms with Gasteiger partial charge in [0.15, 0.2) is 0 Å². The van der Waals surface area contributed by atoms with Crippen molar-refractivity contribution < 1.29 is 14.4 Å². The zero-order valence-electron chi connectivity index (χ0n) is 18.7. The predicted molar refractivity (Wildman–Crippen MR) is 129 cm³/mol. The highest BCUT2D eigenvalue weighted by atomic mass is 16.2. The molecule has 3 amide bonds. The number of carbonyl (C=O) groups excluding carboxylic acids is 3. The largest absolute Gasteiger partial charge is 0.364 e. The van der Waals surface area contributed by atoms with Crippen molar-refractivity contribution in [2.45, 2.75) is 13.8 Å². The van der Waals surface area contributed by atoms with Crippen molar-refractivity contribution in [1.29, 1.82) is 0 Å². The van der Waals surface area contributed by atoms with Crippen LogP contribution in [0.4, 0.5) is 5.95 Å². The number of benzene rings is 2. The summed E-state index contributed by atoms with van der Waals surface area (Å²) in [6.07, 6.45) is 2.70. The third kappa shape index (κ3) is 6.86. The number of nitrogens with two attached hydrogens (primary N) is 1. The van der Waals surface area contributed by atoms with Crippen LogP contribution < -0.4 is 21.7 Å². The van der Waals surface area contributed by atoms with Gasteiger partial charge in [0.1, 0.15) is 11.4 Å². The van der Waals surface area contributed by atoms with Gasteiger partial charge in [-0.25, -0.2) is 9.97 Å². The Morgan fingerprint density at radius 1 is 0.824 bits per heavy atom. The molecule has 9 heteroatoms. The summed E-state index contributed by atoms with van der Waals surface area (Å²) in [5, 5.41) is 7.80. The van der Waals surface area contributed by atoms with E-state index in [0.717, 1.165) is 11.4 Å². The predicted octanol–water partition coefficient (Wildman–Crippen LogP) is 2.42. The second-order valence-corrected chi connectivity index (χ2v) is 7.28. The maximum atomic E-state index is 13.0. The van der Waals surface area contributed by atoms with Crippen LogP contribution in [-0.2, 0) is 9.59 Å². The maximum Gasteiger partial charge on any atom is 0.272 e. The summed E-state index contributed by atoms with van der Waals surface area (Å²) >= 11 is 0. The molecule has 0 saturated heterocycles. The molecule has 172 valence electrons. The lowest BCUT2D eigenvalue weighted by Gasteiger charge is -2.12. The lowest BCUT2D eigenvalue weighted by atomic mass is 10.1. The van der Waals surface area contributed by atoms with Gasteiger partial charge in [-0.2, -0.15) is 0 Å². The standard InChI is InChI=1S/C25H24N6O3/c1-16-13-17(2)29-25(28-16)27-15-21(22(26)32)31-24(34)20(14-18-9-5-3-6-10-18)30-23(33)19-11-7-4-8-12-19/h3-15H,1-2H3,(H2,26,32)(H,30,33)(H,31,34)(H,27,28,29)/b20-14-,21-15-. The van der Waals surface area contributed by atoms with Crippen molar-refractivity contribution in [3.8, 4) is 0 Å². The molecule has 0 aliphatic carbocycles. The van der Waals surface area contributed by atoms with Crippen LogP contribution in [-0.4, -0.2) is 27.7 Å². The summed E-state index contributed by atoms with van der Waals surface area (Å²) in [7, 11) is 0. The Kier molecular flexibility index (Phi) is 7.85. The molecule has 0 aliphatic rings. The Morgan fingerprint density at radius 2 is 1.41 bits per heavy atom. The molecule has 34 heavy (non-hydrogen) atoms. The third-order valence-electron chi connectivity index (χ3n) is 4.48. The fourth-order valence-electron chi connectivity index (χ4n) is 2.94. The molecule has 0 radical (unpaired) electrons. The molecule has 1 heterocycles. The fourth-order valence-corrected chi connectivity index (χ4v) is 2.94. The van der Waals surface area contributed by atoms with Crippen molar-refractivity contribution in [1.82, 2.24) is 20.6 Å². The van der Waals surface area contributed by atoms with E-state index in [4.69, 9.17) is 5.73 Å². The minimum absolute atomic E-state index is 0.0742. The number of amides is 3. The molecule has 5 N–H and O–H groups in total. The Labute approximate surface area is 196 Å². The Balaban J connectivity index is 1.85. The van der Waals surface area contributed by atoms with E-state index in [9.17, 15) is 14.4 Å². The van der Waals surface area contributed by atoms with Crippen molar-refractivity contribution in [3.63, 3.8) is 0 Å². The van der Waals surface area contributed by atoms with Gasteiger partial charge in [0, 0.05) is 23.2 Å². The van der Waals surface area contributed by atoms with Crippen molar-refractivity contribution in [2.75, 3.05) is 5.32 Å². The van der Waals surface area contributed by atoms with Crippen LogP contribution in [0.15, 0.2) is 84.3 Å². The summed E-state index contributed by atoms with van der Waals surface area (Å²) in [4.78, 5) is 46.1. The van der Waals surface area contributed by atoms with Crippen LogP contribution in [0.5, 0.6) is 0 Å². The zero-order chi connectivity index (χ0) is 24.5. The molecule has 0 aliphatic heterocycles. The van der Waals surface area contributed by atoms with Crippen LogP contribution in [0, 0.1) is 13.8 Å². The van der Waals surface area contributed by atoms with E-state index < -0.39 is 17.7 Å². The van der Waals surface area contributed by atoms with Gasteiger partial charge in [-0.1, -0.05) is 48.5 Å². The Hall–Kier alpha value is -4.79. The summed E-state index contributed by atoms with van der Waals surface area (Å²) in [6, 6.07) is 19.2. The van der Waals surface area contributed by atoms with Gasteiger partial charge in [0.2, 0.25) is 5.95 Å². The average Bonchev–Trinajstić information content (AvgIpc) is 2.81. The number of carbonyl (C=O) groups is 3. The summed E-state index contributed by atoms with van der Waals surface area (Å²) in [5.74, 6) is -1.87. The third-order valence-corrected chi connectivity index (χ3v) is 4.48. The first-order chi connectivity index (χ1) is 16.3. The van der Waals surface area contributed by atoms with Crippen molar-refractivity contribution in [2.24, 2.45) is 5.73 Å². The number of nitrogens with one attached hydrogen (secondary N) is 3. The summed E-state index contributed by atoms with van der Waals surface area (Å²) < 4.78 is 0. The molecule has 0 fully saturated rings. The lowest BCUT2D eigenvalue weighted by molar-refractivity contribution is -0.120. The highest BCUT2D eigenvalue weighted by Crippen LogP contribution is 2.09. The highest BCUT2D eigenvalue weighted by molar-refractivity contribution is 6.08. The van der Waals surface area contributed by atoms with Crippen LogP contribution >= 0.6 is 0 Å². The van der Waals surface area contributed by atoms with Gasteiger partial charge in [0.25, 0.3) is 17.7 Å². The molecule has 0 unspecified atom stereocenters. The molecule has 2 aromatic carbocycles. The Morgan fingerprint density at radius 3 is 2.00 bits per heavy atom. The maximum absolute atomic E-state index is 13.0. The Bertz CT molecular complexity index is 1230. The molecule has 1 aromatic heterocycles. The van der Waals surface area contributed by atoms with E-state index in [2.05, 4.69) is 25.9 Å². The van der Waals surface area contributed by atoms with Crippen molar-refractivity contribution >= 4 is 29.7 Å². The second-order valence-electron chi connectivity index (χ2n) is 7.28. The summed E-state index contributed by atoms with van der Waals surface area (Å²) in [5.41, 5.74) is 7.63. The second kappa shape index (κ2) is 11.2. The molecule has 3 aromatic rings. The van der Waals surface area contributed by atoms with E-state index in [0.29, 0.717) is 11.1 Å². The smallest absolute Gasteiger partial charge is 0.272 e. The molecule has 0 bridgehead atoms. The highest BCUT2D eigenvalue weighted by Gasteiger charge is 2.18. The van der Waals surface area contributed by atoms with Gasteiger partial charge < -0.3 is 21.7 Å². The van der Waals surface area contributed by atoms with Crippen LogP contribution in [0.1, 0.15) is 27.3 Å². The molecule has 0 saturated carbocycles. The first kappa shape index (κ1) is 23.9. The minimum Gasteiger partial charge on any atom is -0.364 e. The number of nitrogens with zero attached hydrogens (tertiary/aromatic N) is 2. The first-order valence-electron chi connectivity index (χ1n) is 10.3. The normalized spacial score (nSPS) is 11.5. The fraction of sp³-hybridized carbons (Fsp3) is 0.0800. The van der Waals surface area contributed by atoms with E-state index in [1.165, 1.54) is 12.3 Å². The van der Waals surface area contributed by atoms with Crippen LogP contribution in [0.3, 0.4) is 0 Å². The monoisotopic (exact) mass is 456 g/mol. The topological polar surface area (TPSA) is 139 Å². The first-order valence-corrected chi connectivity index (χ1v) is 10.3. The molecule has 0 spiro atoms. The number of primary amides is 1. The number of rotatable bonds is 8. The van der Waals surface area contributed by atoms with Crippen LogP contribution in [0.25, 0.3) is 6.08 Å². The molecular formula is C25H24N6O3. The van der Waals surface area contributed by atoms with Gasteiger partial charge in [0.05, 0.1) is 0 Å².